The average Bonchev–Trinajstić information content (AvgIpc) is 2.47. The van der Waals surface area contributed by atoms with Gasteiger partial charge in [-0.1, -0.05) is 41.4 Å². The van der Waals surface area contributed by atoms with Crippen LogP contribution in [0.25, 0.3) is 0 Å². The van der Waals surface area contributed by atoms with Crippen molar-refractivity contribution >= 4 is 23.2 Å². The molecule has 0 radical (unpaired) electrons. The molecule has 0 aliphatic carbocycles. The van der Waals surface area contributed by atoms with Crippen LogP contribution in [0.5, 0.6) is 5.75 Å². The summed E-state index contributed by atoms with van der Waals surface area (Å²) in [6, 6.07) is 12.1. The van der Waals surface area contributed by atoms with Crippen LogP contribution in [0, 0.1) is 6.92 Å². The molecule has 0 saturated carbocycles. The Morgan fingerprint density at radius 2 is 1.86 bits per heavy atom. The number of carbonyl (C=O) groups is 1. The van der Waals surface area contributed by atoms with Crippen LogP contribution >= 0.6 is 11.6 Å². The van der Waals surface area contributed by atoms with E-state index in [4.69, 9.17) is 11.6 Å². The van der Waals surface area contributed by atoms with Crippen molar-refractivity contribution in [2.75, 3.05) is 0 Å². The minimum absolute atomic E-state index is 0.0861. The number of nitrogens with zero attached hydrogens (tertiary/aromatic N) is 1. The normalized spacial score (nSPS) is 11.3. The Kier molecular flexibility index (Phi) is 4.60. The molecular formula is C16H15ClN2O2. The van der Waals surface area contributed by atoms with E-state index in [-0.39, 0.29) is 11.3 Å². The second-order valence-electron chi connectivity index (χ2n) is 4.67. The standard InChI is InChI=1S/C16H15ClN2O2/c1-10-3-5-12(6-4-10)11(2)18-19-16(21)14-9-13(17)7-8-15(14)20/h3-9,20H,1-2H3,(H,19,21). The summed E-state index contributed by atoms with van der Waals surface area (Å²) in [5, 5.41) is 14.1. The number of rotatable bonds is 3. The number of halogens is 1. The second-order valence-corrected chi connectivity index (χ2v) is 5.10. The van der Waals surface area contributed by atoms with E-state index in [0.29, 0.717) is 10.7 Å². The Balaban J connectivity index is 2.14. The van der Waals surface area contributed by atoms with Crippen molar-refractivity contribution in [3.8, 4) is 5.75 Å². The Morgan fingerprint density at radius 1 is 1.19 bits per heavy atom. The largest absolute Gasteiger partial charge is 0.507 e. The van der Waals surface area contributed by atoms with Gasteiger partial charge >= 0.3 is 0 Å². The van der Waals surface area contributed by atoms with Gasteiger partial charge in [-0.15, -0.1) is 0 Å². The van der Waals surface area contributed by atoms with Crippen molar-refractivity contribution in [1.29, 1.82) is 0 Å². The first kappa shape index (κ1) is 15.1. The quantitative estimate of drug-likeness (QED) is 0.673. The maximum absolute atomic E-state index is 12.0. The van der Waals surface area contributed by atoms with Gasteiger partial charge in [0.05, 0.1) is 11.3 Å². The highest BCUT2D eigenvalue weighted by atomic mass is 35.5. The Morgan fingerprint density at radius 3 is 2.52 bits per heavy atom. The highest BCUT2D eigenvalue weighted by Gasteiger charge is 2.11. The van der Waals surface area contributed by atoms with Crippen molar-refractivity contribution in [3.63, 3.8) is 0 Å². The van der Waals surface area contributed by atoms with E-state index in [2.05, 4.69) is 10.5 Å². The zero-order valence-electron chi connectivity index (χ0n) is 11.7. The monoisotopic (exact) mass is 302 g/mol. The molecule has 4 nitrogen and oxygen atoms in total. The Bertz CT molecular complexity index is 694. The third-order valence-corrected chi connectivity index (χ3v) is 3.23. The molecule has 0 aliphatic heterocycles. The van der Waals surface area contributed by atoms with E-state index < -0.39 is 5.91 Å². The number of hydrazone groups is 1. The zero-order valence-corrected chi connectivity index (χ0v) is 12.5. The molecule has 1 amide bonds. The fraction of sp³-hybridized carbons (Fsp3) is 0.125. The van der Waals surface area contributed by atoms with Crippen molar-refractivity contribution < 1.29 is 9.90 Å². The van der Waals surface area contributed by atoms with Gasteiger partial charge in [0.15, 0.2) is 0 Å². The molecular weight excluding hydrogens is 288 g/mol. The van der Waals surface area contributed by atoms with E-state index >= 15 is 0 Å². The van der Waals surface area contributed by atoms with Gasteiger partial charge in [0.2, 0.25) is 0 Å². The van der Waals surface area contributed by atoms with Gasteiger partial charge < -0.3 is 5.11 Å². The molecule has 0 spiro atoms. The lowest BCUT2D eigenvalue weighted by Gasteiger charge is -2.05. The highest BCUT2D eigenvalue weighted by molar-refractivity contribution is 6.31. The first-order valence-electron chi connectivity index (χ1n) is 6.37. The number of phenols is 1. The highest BCUT2D eigenvalue weighted by Crippen LogP contribution is 2.21. The van der Waals surface area contributed by atoms with Crippen LogP contribution in [0.2, 0.25) is 5.02 Å². The summed E-state index contributed by atoms with van der Waals surface area (Å²) in [5.74, 6) is -0.651. The fourth-order valence-corrected chi connectivity index (χ4v) is 1.92. The number of hydrogen-bond acceptors (Lipinski definition) is 3. The van der Waals surface area contributed by atoms with Gasteiger partial charge in [0.1, 0.15) is 5.75 Å². The lowest BCUT2D eigenvalue weighted by molar-refractivity contribution is 0.0952. The van der Waals surface area contributed by atoms with Gasteiger partial charge in [-0.3, -0.25) is 4.79 Å². The SMILES string of the molecule is CC(=NNC(=O)c1cc(Cl)ccc1O)c1ccc(C)cc1. The third kappa shape index (κ3) is 3.83. The van der Waals surface area contributed by atoms with Crippen molar-refractivity contribution in [2.45, 2.75) is 13.8 Å². The molecule has 108 valence electrons. The van der Waals surface area contributed by atoms with E-state index in [1.807, 2.05) is 31.2 Å². The number of carbonyl (C=O) groups excluding carboxylic acids is 1. The lowest BCUT2D eigenvalue weighted by Crippen LogP contribution is -2.19. The third-order valence-electron chi connectivity index (χ3n) is 3.00. The molecule has 0 aromatic heterocycles. The molecule has 0 aliphatic rings. The van der Waals surface area contributed by atoms with Crippen LogP contribution in [0.1, 0.15) is 28.4 Å². The van der Waals surface area contributed by atoms with E-state index in [9.17, 15) is 9.90 Å². The summed E-state index contributed by atoms with van der Waals surface area (Å²) < 4.78 is 0. The number of nitrogens with one attached hydrogen (secondary N) is 1. The molecule has 0 fully saturated rings. The molecule has 2 rings (SSSR count). The molecule has 0 atom stereocenters. The Labute approximate surface area is 128 Å². The predicted octanol–water partition coefficient (Wildman–Crippen LogP) is 3.51. The van der Waals surface area contributed by atoms with Gasteiger partial charge in [-0.25, -0.2) is 5.43 Å². The minimum atomic E-state index is -0.513. The smallest absolute Gasteiger partial charge is 0.275 e. The summed E-state index contributed by atoms with van der Waals surface area (Å²) in [6.45, 7) is 3.79. The average molecular weight is 303 g/mol. The number of amides is 1. The van der Waals surface area contributed by atoms with Crippen molar-refractivity contribution in [3.05, 3.63) is 64.2 Å². The molecule has 2 aromatic carbocycles. The van der Waals surface area contributed by atoms with E-state index in [0.717, 1.165) is 11.1 Å². The van der Waals surface area contributed by atoms with Crippen LogP contribution in [0.4, 0.5) is 0 Å². The topological polar surface area (TPSA) is 61.7 Å². The maximum atomic E-state index is 12.0. The molecule has 0 bridgehead atoms. The number of aryl methyl sites for hydroxylation is 1. The number of hydrogen-bond donors (Lipinski definition) is 2. The molecule has 0 heterocycles. The van der Waals surface area contributed by atoms with E-state index in [1.54, 1.807) is 6.92 Å². The van der Waals surface area contributed by atoms with Crippen LogP contribution in [-0.4, -0.2) is 16.7 Å². The summed E-state index contributed by atoms with van der Waals surface area (Å²) >= 11 is 5.81. The summed E-state index contributed by atoms with van der Waals surface area (Å²) in [5.41, 5.74) is 5.23. The minimum Gasteiger partial charge on any atom is -0.507 e. The van der Waals surface area contributed by atoms with Crippen LogP contribution in [0.3, 0.4) is 0 Å². The van der Waals surface area contributed by atoms with Gasteiger partial charge in [0.25, 0.3) is 5.91 Å². The molecule has 2 aromatic rings. The molecule has 0 unspecified atom stereocenters. The first-order chi connectivity index (χ1) is 9.97. The van der Waals surface area contributed by atoms with E-state index in [1.165, 1.54) is 18.2 Å². The second kappa shape index (κ2) is 6.41. The zero-order chi connectivity index (χ0) is 15.4. The van der Waals surface area contributed by atoms with Gasteiger partial charge in [-0.2, -0.15) is 5.10 Å². The van der Waals surface area contributed by atoms with Crippen LogP contribution in [-0.2, 0) is 0 Å². The number of aromatic hydroxyl groups is 1. The molecule has 0 saturated heterocycles. The van der Waals surface area contributed by atoms with Gasteiger partial charge in [0, 0.05) is 5.02 Å². The first-order valence-corrected chi connectivity index (χ1v) is 6.75. The van der Waals surface area contributed by atoms with Crippen LogP contribution < -0.4 is 5.43 Å². The van der Waals surface area contributed by atoms with Crippen LogP contribution in [0.15, 0.2) is 47.6 Å². The van der Waals surface area contributed by atoms with Crippen molar-refractivity contribution in [1.82, 2.24) is 5.43 Å². The maximum Gasteiger partial charge on any atom is 0.275 e. The summed E-state index contributed by atoms with van der Waals surface area (Å²) in [7, 11) is 0. The number of phenolic OH excluding ortho intramolecular Hbond substituents is 1. The summed E-state index contributed by atoms with van der Waals surface area (Å²) in [6.07, 6.45) is 0. The van der Waals surface area contributed by atoms with Crippen molar-refractivity contribution in [2.24, 2.45) is 5.10 Å². The Hall–Kier alpha value is -2.33. The summed E-state index contributed by atoms with van der Waals surface area (Å²) in [4.78, 5) is 12.0. The fourth-order valence-electron chi connectivity index (χ4n) is 1.74. The lowest BCUT2D eigenvalue weighted by atomic mass is 10.1. The molecule has 5 heteroatoms. The molecule has 21 heavy (non-hydrogen) atoms. The predicted molar refractivity (Wildman–Crippen MR) is 84.0 cm³/mol. The number of benzene rings is 2. The van der Waals surface area contributed by atoms with Gasteiger partial charge in [-0.05, 0) is 37.6 Å². The molecule has 2 N–H and O–H groups in total.